The maximum absolute atomic E-state index is 14.1. The fourth-order valence-corrected chi connectivity index (χ4v) is 12.7. The Kier molecular flexibility index (Phi) is 22.8. The predicted molar refractivity (Wildman–Crippen MR) is 393 cm³/mol. The van der Waals surface area contributed by atoms with Gasteiger partial charge >= 0.3 is 46.9 Å². The Labute approximate surface area is 631 Å². The summed E-state index contributed by atoms with van der Waals surface area (Å²) < 4.78 is 9.50. The first kappa shape index (κ1) is 74.5. The molecule has 26 nitrogen and oxygen atoms in total. The van der Waals surface area contributed by atoms with Crippen molar-refractivity contribution in [3.05, 3.63) is 286 Å². The number of carboxylic acids is 4. The second-order valence-corrected chi connectivity index (χ2v) is 25.1. The van der Waals surface area contributed by atoms with E-state index in [2.05, 4.69) is 21.3 Å². The Bertz CT molecular complexity index is 5360. The molecule has 4 amide bonds. The molecule has 0 atom stereocenters. The fourth-order valence-electron chi connectivity index (χ4n) is 12.7. The molecule has 0 unspecified atom stereocenters. The number of nitrogens with one attached hydrogen (secondary N) is 4. The van der Waals surface area contributed by atoms with Crippen molar-refractivity contribution in [2.45, 2.75) is 33.1 Å². The first-order valence-corrected chi connectivity index (χ1v) is 33.9. The van der Waals surface area contributed by atoms with Crippen molar-refractivity contribution < 1.29 is 104 Å². The minimum atomic E-state index is -1.19. The van der Waals surface area contributed by atoms with Gasteiger partial charge in [-0.1, -0.05) is 60.7 Å². The number of fused-ring (bicyclic) bond motifs is 8. The number of carboxylic acid groups (broad SMARTS) is 4. The minimum absolute atomic E-state index is 0. The third-order valence-corrected chi connectivity index (χ3v) is 17.7. The largest absolute Gasteiger partial charge is 2.00 e. The predicted octanol–water partition coefficient (Wildman–Crippen LogP) is 7.00. The standard InChI is InChI=1S/C82H64N12O14.Fe/c1-50(95)108-94-69-36-37-70(94)78(68-13-5-9-41-93(68)49-54-20-28-58(29-21-54)82(107)86-45-74(102)103)64-35-33-62(89-64)76(66-11-3-7-39-91(66)47-52-16-24-56(25-17-52)80(105)84-43-72(98)99)60-31-30-59(87-60)75(65-10-2-6-38-90(65)46-51-14-22-55(23-15-51)79(104)83-42-71(96)97)61-32-34-63(88-61)77(69)67-12-4-8-40-92(67)48-53-18-26-57(27-19-53)81(106)85-44-73(100)101;/h2-41H,42-49H2,1H3,(H5-3,83,84,85,86,96,97,98,99,100,101,102,103,104,105,106,107);/q;+2/p+3. The van der Waals surface area contributed by atoms with E-state index < -0.39 is 79.7 Å². The van der Waals surface area contributed by atoms with Gasteiger partial charge in [0.15, 0.2) is 51.0 Å². The summed E-state index contributed by atoms with van der Waals surface area (Å²) in [6.45, 7) is 0.0412. The van der Waals surface area contributed by atoms with Crippen LogP contribution in [0.15, 0.2) is 219 Å². The number of carbonyl (C=O) groups excluding carboxylic acids is 5. The smallest absolute Gasteiger partial charge is 0.656 e. The van der Waals surface area contributed by atoms with Crippen molar-refractivity contribution in [2.24, 2.45) is 0 Å². The summed E-state index contributed by atoms with van der Waals surface area (Å²) in [5.41, 5.74) is 12.2. The van der Waals surface area contributed by atoms with E-state index in [0.717, 1.165) is 22.3 Å². The van der Waals surface area contributed by atoms with E-state index in [-0.39, 0.29) is 65.5 Å². The van der Waals surface area contributed by atoms with Crippen molar-refractivity contribution in [1.29, 1.82) is 0 Å². The minimum Gasteiger partial charge on any atom is -0.656 e. The zero-order valence-corrected chi connectivity index (χ0v) is 59.2. The van der Waals surface area contributed by atoms with Crippen LogP contribution in [-0.4, -0.2) is 115 Å². The van der Waals surface area contributed by atoms with Gasteiger partial charge in [-0.25, -0.2) is 14.8 Å². The molecule has 13 rings (SSSR count). The van der Waals surface area contributed by atoms with Gasteiger partial charge in [0.05, 0.1) is 56.1 Å². The molecular weight excluding hydrogens is 1430 g/mol. The third kappa shape index (κ3) is 17.3. The molecule has 109 heavy (non-hydrogen) atoms. The van der Waals surface area contributed by atoms with Crippen LogP contribution in [0.3, 0.4) is 0 Å². The molecule has 11 aromatic rings. The second-order valence-electron chi connectivity index (χ2n) is 25.1. The van der Waals surface area contributed by atoms with Crippen molar-refractivity contribution in [3.8, 4) is 45.0 Å². The first-order chi connectivity index (χ1) is 52.3. The molecule has 7 aromatic heterocycles. The molecule has 542 valence electrons. The average molecular weight is 1500 g/mol. The van der Waals surface area contributed by atoms with Gasteiger partial charge in [0.2, 0.25) is 22.8 Å². The summed E-state index contributed by atoms with van der Waals surface area (Å²) in [6.07, 6.45) is 15.1. The quantitative estimate of drug-likeness (QED) is 0.0211. The van der Waals surface area contributed by atoms with Crippen LogP contribution in [0, 0.1) is 0 Å². The zero-order valence-electron chi connectivity index (χ0n) is 58.1. The van der Waals surface area contributed by atoms with Crippen LogP contribution in [0.1, 0.15) is 93.4 Å². The number of hydrogen-bond donors (Lipinski definition) is 8. The summed E-state index contributed by atoms with van der Waals surface area (Å²) in [5.74, 6) is -7.66. The molecule has 8 N–H and O–H groups in total. The number of amides is 4. The van der Waals surface area contributed by atoms with Gasteiger partial charge in [-0.3, -0.25) is 38.4 Å². The van der Waals surface area contributed by atoms with Gasteiger partial charge in [0.1, 0.15) is 26.2 Å². The molecule has 8 bridgehead atoms. The molecule has 2 aliphatic heterocycles. The van der Waals surface area contributed by atoms with Gasteiger partial charge in [-0.15, -0.1) is 11.0 Å². The topological polar surface area (TPSA) is 352 Å². The Hall–Kier alpha value is -14.2. The summed E-state index contributed by atoms with van der Waals surface area (Å²) in [7, 11) is 0. The van der Waals surface area contributed by atoms with Crippen molar-refractivity contribution in [3.63, 3.8) is 0 Å². The van der Waals surface area contributed by atoms with Crippen LogP contribution in [0.2, 0.25) is 0 Å². The van der Waals surface area contributed by atoms with Gasteiger partial charge in [-0.05, 0) is 109 Å². The molecule has 0 radical (unpaired) electrons. The molecule has 0 saturated heterocycles. The number of benzene rings is 4. The van der Waals surface area contributed by atoms with Crippen LogP contribution in [0.5, 0.6) is 0 Å². The fraction of sp³-hybridized carbons (Fsp3) is 0.110. The Balaban J connectivity index is 0.0000111. The number of aliphatic carboxylic acids is 4. The SMILES string of the molecule is CC(=O)On1c2ccc1c(-c1cccc[n+]1Cc1ccc(C(=O)NCC(=O)O)cc1)c1nc(c(-c3cccc[n+]3Cc3ccc(C(=O)NCC(=O)O)cc3)c3ccc([n-]3)c(-c3cccc[n+]3Cc3ccc(C(=O)NCC(=O)O)cc3)c3nc(c2-c2cccc[n+]2Cc2ccc(C(=O)NCC(=O)O)cc2)C=C3)C=C1.[Fe+2]. The number of rotatable bonds is 25. The molecule has 0 spiro atoms. The van der Waals surface area contributed by atoms with Crippen LogP contribution in [0.4, 0.5) is 0 Å². The third-order valence-electron chi connectivity index (χ3n) is 17.7. The number of carbonyl (C=O) groups is 9. The molecule has 2 aliphatic rings. The Morgan fingerprint density at radius 1 is 0.358 bits per heavy atom. The Morgan fingerprint density at radius 2 is 0.615 bits per heavy atom. The molecule has 0 aliphatic carbocycles. The molecule has 0 saturated carbocycles. The number of pyridine rings is 4. The van der Waals surface area contributed by atoms with Crippen molar-refractivity contribution in [1.82, 2.24) is 40.9 Å². The molecule has 4 aromatic carbocycles. The maximum atomic E-state index is 14.1. The maximum Gasteiger partial charge on any atom is 2.00 e. The van der Waals surface area contributed by atoms with Gasteiger partial charge < -0.3 is 51.5 Å². The normalized spacial score (nSPS) is 11.2. The van der Waals surface area contributed by atoms with Crippen molar-refractivity contribution in [2.75, 3.05) is 26.2 Å². The average Bonchev–Trinajstić information content (AvgIpc) is 1.61. The van der Waals surface area contributed by atoms with Crippen LogP contribution >= 0.6 is 0 Å². The summed E-state index contributed by atoms with van der Waals surface area (Å²) >= 11 is 0. The van der Waals surface area contributed by atoms with E-state index >= 15 is 0 Å². The van der Waals surface area contributed by atoms with E-state index in [1.165, 1.54) is 11.7 Å². The van der Waals surface area contributed by atoms with E-state index in [4.69, 9.17) is 19.8 Å². The van der Waals surface area contributed by atoms with E-state index in [9.17, 15) is 63.6 Å². The number of aromatic nitrogens is 8. The van der Waals surface area contributed by atoms with Gasteiger partial charge in [0.25, 0.3) is 23.6 Å². The second kappa shape index (κ2) is 33.3. The Morgan fingerprint density at radius 3 is 0.872 bits per heavy atom. The zero-order chi connectivity index (χ0) is 75.5. The number of nitrogens with zero attached hydrogens (tertiary/aromatic N) is 8. The monoisotopic (exact) mass is 1500 g/mol. The molecule has 0 fully saturated rings. The van der Waals surface area contributed by atoms with Crippen LogP contribution in [-0.2, 0) is 67.2 Å². The summed E-state index contributed by atoms with van der Waals surface area (Å²) in [6, 6.07) is 57.5. The number of hydrogen-bond acceptors (Lipinski definition) is 12. The van der Waals surface area contributed by atoms with Crippen LogP contribution in [0.25, 0.3) is 91.4 Å². The van der Waals surface area contributed by atoms with E-state index in [1.54, 1.807) is 97.1 Å². The summed E-state index contributed by atoms with van der Waals surface area (Å²) in [5, 5.41) is 46.7. The first-order valence-electron chi connectivity index (χ1n) is 33.9. The molecule has 27 heteroatoms. The van der Waals surface area contributed by atoms with Gasteiger partial charge in [0, 0.05) is 100.0 Å². The van der Waals surface area contributed by atoms with E-state index in [0.29, 0.717) is 89.9 Å². The van der Waals surface area contributed by atoms with Crippen molar-refractivity contribution >= 4 is 99.8 Å². The summed E-state index contributed by atoms with van der Waals surface area (Å²) in [4.78, 5) is 135. The molecule has 9 heterocycles. The van der Waals surface area contributed by atoms with Crippen LogP contribution < -0.4 is 49.4 Å². The van der Waals surface area contributed by atoms with E-state index in [1.807, 2.05) is 164 Å². The molecular formula is C82H67FeN12O14+5. The van der Waals surface area contributed by atoms with Gasteiger partial charge in [-0.2, -0.15) is 23.0 Å².